The molecule has 1 aromatic carbocycles. The lowest BCUT2D eigenvalue weighted by molar-refractivity contribution is 0.533. The number of hydrogen-bond acceptors (Lipinski definition) is 3. The van der Waals surface area contributed by atoms with Crippen LogP contribution in [-0.4, -0.2) is 6.04 Å². The zero-order valence-corrected chi connectivity index (χ0v) is 12.2. The van der Waals surface area contributed by atoms with E-state index in [9.17, 15) is 8.78 Å². The number of benzene rings is 1. The highest BCUT2D eigenvalue weighted by molar-refractivity contribution is 8.01. The average Bonchev–Trinajstić information content (AvgIpc) is 2.86. The minimum atomic E-state index is -0.517. The molecule has 0 aliphatic carbocycles. The van der Waals surface area contributed by atoms with E-state index in [0.29, 0.717) is 12.0 Å². The van der Waals surface area contributed by atoms with Crippen LogP contribution in [0.3, 0.4) is 0 Å². The zero-order chi connectivity index (χ0) is 13.8. The van der Waals surface area contributed by atoms with Crippen molar-refractivity contribution in [2.75, 3.05) is 0 Å². The first-order valence-electron chi connectivity index (χ1n) is 6.05. The second kappa shape index (κ2) is 6.50. The SMILES string of the molecule is CCC(N)Cc1cc(F)c(Sc2cccs2)c(F)c1. The molecule has 0 aliphatic heterocycles. The maximum absolute atomic E-state index is 14.0. The van der Waals surface area contributed by atoms with E-state index in [1.807, 2.05) is 24.4 Å². The fourth-order valence-electron chi connectivity index (χ4n) is 1.70. The third kappa shape index (κ3) is 3.78. The summed E-state index contributed by atoms with van der Waals surface area (Å²) in [6, 6.07) is 6.41. The molecule has 19 heavy (non-hydrogen) atoms. The summed E-state index contributed by atoms with van der Waals surface area (Å²) in [5, 5.41) is 1.88. The number of thiophene rings is 1. The van der Waals surface area contributed by atoms with Gasteiger partial charge in [-0.25, -0.2) is 8.78 Å². The monoisotopic (exact) mass is 299 g/mol. The normalized spacial score (nSPS) is 12.6. The van der Waals surface area contributed by atoms with E-state index in [2.05, 4.69) is 0 Å². The molecule has 0 saturated heterocycles. The van der Waals surface area contributed by atoms with Gasteiger partial charge in [-0.05, 0) is 42.0 Å². The summed E-state index contributed by atoms with van der Waals surface area (Å²) in [6.07, 6.45) is 1.28. The molecular formula is C14H15F2NS2. The van der Waals surface area contributed by atoms with E-state index in [0.717, 1.165) is 22.4 Å². The first-order chi connectivity index (χ1) is 9.10. The molecule has 102 valence electrons. The second-order valence-electron chi connectivity index (χ2n) is 4.30. The second-order valence-corrected chi connectivity index (χ2v) is 6.55. The van der Waals surface area contributed by atoms with Crippen LogP contribution >= 0.6 is 23.1 Å². The molecule has 0 aliphatic rings. The molecule has 0 fully saturated rings. The average molecular weight is 299 g/mol. The van der Waals surface area contributed by atoms with Crippen LogP contribution in [0.15, 0.2) is 38.8 Å². The number of nitrogens with two attached hydrogens (primary N) is 1. The summed E-state index contributed by atoms with van der Waals surface area (Å²) in [7, 11) is 0. The van der Waals surface area contributed by atoms with Gasteiger partial charge in [-0.2, -0.15) is 0 Å². The molecule has 2 aromatic rings. The molecule has 2 rings (SSSR count). The molecule has 0 amide bonds. The fraction of sp³-hybridized carbons (Fsp3) is 0.286. The van der Waals surface area contributed by atoms with Gasteiger partial charge in [0.05, 0.1) is 9.10 Å². The lowest BCUT2D eigenvalue weighted by atomic mass is 10.0. The molecule has 5 heteroatoms. The molecule has 1 aromatic heterocycles. The minimum absolute atomic E-state index is 0.0521. The van der Waals surface area contributed by atoms with Gasteiger partial charge in [0.1, 0.15) is 11.6 Å². The highest BCUT2D eigenvalue weighted by atomic mass is 32.2. The van der Waals surface area contributed by atoms with Gasteiger partial charge in [-0.15, -0.1) is 11.3 Å². The van der Waals surface area contributed by atoms with Crippen LogP contribution in [0.25, 0.3) is 0 Å². The van der Waals surface area contributed by atoms with Crippen LogP contribution in [0, 0.1) is 11.6 Å². The molecular weight excluding hydrogens is 284 g/mol. The summed E-state index contributed by atoms with van der Waals surface area (Å²) < 4.78 is 28.8. The number of hydrogen-bond donors (Lipinski definition) is 1. The third-order valence-corrected chi connectivity index (χ3v) is 4.91. The van der Waals surface area contributed by atoms with Crippen molar-refractivity contribution in [3.05, 3.63) is 46.8 Å². The Morgan fingerprint density at radius 2 is 2.00 bits per heavy atom. The Morgan fingerprint density at radius 1 is 1.32 bits per heavy atom. The lowest BCUT2D eigenvalue weighted by Crippen LogP contribution is -2.21. The van der Waals surface area contributed by atoms with Crippen LogP contribution in [0.5, 0.6) is 0 Å². The van der Waals surface area contributed by atoms with Crippen molar-refractivity contribution in [1.29, 1.82) is 0 Å². The quantitative estimate of drug-likeness (QED) is 0.882. The van der Waals surface area contributed by atoms with E-state index in [-0.39, 0.29) is 10.9 Å². The highest BCUT2D eigenvalue weighted by Gasteiger charge is 2.14. The van der Waals surface area contributed by atoms with Gasteiger partial charge in [-0.1, -0.05) is 24.8 Å². The topological polar surface area (TPSA) is 26.0 Å². The molecule has 1 unspecified atom stereocenters. The van der Waals surface area contributed by atoms with Gasteiger partial charge < -0.3 is 5.73 Å². The van der Waals surface area contributed by atoms with Crippen molar-refractivity contribution in [1.82, 2.24) is 0 Å². The Labute approximate surface area is 119 Å². The Bertz CT molecular complexity index is 517. The largest absolute Gasteiger partial charge is 0.327 e. The van der Waals surface area contributed by atoms with E-state index < -0.39 is 11.6 Å². The smallest absolute Gasteiger partial charge is 0.140 e. The van der Waals surface area contributed by atoms with Gasteiger partial charge in [0.2, 0.25) is 0 Å². The van der Waals surface area contributed by atoms with Gasteiger partial charge >= 0.3 is 0 Å². The molecule has 1 heterocycles. The van der Waals surface area contributed by atoms with E-state index >= 15 is 0 Å². The van der Waals surface area contributed by atoms with E-state index in [1.54, 1.807) is 0 Å². The minimum Gasteiger partial charge on any atom is -0.327 e. The summed E-state index contributed by atoms with van der Waals surface area (Å²) in [4.78, 5) is 0.0521. The van der Waals surface area contributed by atoms with Crippen LogP contribution in [0.4, 0.5) is 8.78 Å². The van der Waals surface area contributed by atoms with Crippen molar-refractivity contribution < 1.29 is 8.78 Å². The van der Waals surface area contributed by atoms with Crippen LogP contribution in [0.1, 0.15) is 18.9 Å². The predicted molar refractivity (Wildman–Crippen MR) is 76.8 cm³/mol. The van der Waals surface area contributed by atoms with Crippen LogP contribution in [-0.2, 0) is 6.42 Å². The molecule has 2 N–H and O–H groups in total. The fourth-order valence-corrected chi connectivity index (χ4v) is 3.42. The first-order valence-corrected chi connectivity index (χ1v) is 7.74. The first kappa shape index (κ1) is 14.5. The number of rotatable bonds is 5. The standard InChI is InChI=1S/C14H15F2NS2/c1-2-10(17)6-9-7-11(15)14(12(16)8-9)19-13-4-3-5-18-13/h3-5,7-8,10H,2,6,17H2,1H3. The summed E-state index contributed by atoms with van der Waals surface area (Å²) in [5.41, 5.74) is 6.42. The Morgan fingerprint density at radius 3 is 2.53 bits per heavy atom. The highest BCUT2D eigenvalue weighted by Crippen LogP contribution is 2.35. The van der Waals surface area contributed by atoms with E-state index in [1.165, 1.54) is 23.5 Å². The lowest BCUT2D eigenvalue weighted by Gasteiger charge is -2.11. The van der Waals surface area contributed by atoms with Crippen LogP contribution in [0.2, 0.25) is 0 Å². The van der Waals surface area contributed by atoms with Gasteiger partial charge in [0.25, 0.3) is 0 Å². The maximum Gasteiger partial charge on any atom is 0.140 e. The zero-order valence-electron chi connectivity index (χ0n) is 10.5. The van der Waals surface area contributed by atoms with Crippen molar-refractivity contribution in [2.45, 2.75) is 34.9 Å². The van der Waals surface area contributed by atoms with Crippen molar-refractivity contribution in [2.24, 2.45) is 5.73 Å². The van der Waals surface area contributed by atoms with Gasteiger partial charge in [0, 0.05) is 6.04 Å². The molecule has 0 radical (unpaired) electrons. The summed E-state index contributed by atoms with van der Waals surface area (Å²) >= 11 is 2.58. The summed E-state index contributed by atoms with van der Waals surface area (Å²) in [6.45, 7) is 1.96. The van der Waals surface area contributed by atoms with Gasteiger partial charge in [0.15, 0.2) is 0 Å². The molecule has 1 atom stereocenters. The maximum atomic E-state index is 14.0. The Kier molecular flexibility index (Phi) is 4.96. The van der Waals surface area contributed by atoms with E-state index in [4.69, 9.17) is 5.73 Å². The molecule has 0 bridgehead atoms. The van der Waals surface area contributed by atoms with Crippen molar-refractivity contribution >= 4 is 23.1 Å². The van der Waals surface area contributed by atoms with Crippen molar-refractivity contribution in [3.8, 4) is 0 Å². The predicted octanol–water partition coefficient (Wildman–Crippen LogP) is 4.46. The van der Waals surface area contributed by atoms with Crippen LogP contribution < -0.4 is 5.73 Å². The molecule has 0 spiro atoms. The summed E-state index contributed by atoms with van der Waals surface area (Å²) in [5.74, 6) is -1.03. The third-order valence-electron chi connectivity index (χ3n) is 2.78. The van der Waals surface area contributed by atoms with Gasteiger partial charge in [-0.3, -0.25) is 0 Å². The Balaban J connectivity index is 2.22. The molecule has 0 saturated carbocycles. The Hall–Kier alpha value is -0.910. The van der Waals surface area contributed by atoms with Crippen molar-refractivity contribution in [3.63, 3.8) is 0 Å². The number of halogens is 2. The molecule has 1 nitrogen and oxygen atoms in total.